The van der Waals surface area contributed by atoms with Crippen molar-refractivity contribution in [2.45, 2.75) is 32.7 Å². The molecule has 1 aromatic heterocycles. The molecule has 4 rings (SSSR count). The minimum Gasteiger partial charge on any atom is -0.459 e. The maximum atomic E-state index is 13.3. The van der Waals surface area contributed by atoms with Crippen LogP contribution in [0.15, 0.2) is 59.0 Å². The van der Waals surface area contributed by atoms with Crippen LogP contribution < -0.4 is 4.31 Å². The molecule has 1 unspecified atom stereocenters. The second-order valence-electron chi connectivity index (χ2n) is 7.65. The molecule has 0 bridgehead atoms. The Morgan fingerprint density at radius 1 is 1.17 bits per heavy atom. The van der Waals surface area contributed by atoms with Crippen molar-refractivity contribution in [3.8, 4) is 0 Å². The molecule has 0 spiro atoms. The van der Waals surface area contributed by atoms with E-state index in [1.54, 1.807) is 29.2 Å². The highest BCUT2D eigenvalue weighted by molar-refractivity contribution is 7.93. The average molecular weight is 427 g/mol. The summed E-state index contributed by atoms with van der Waals surface area (Å²) in [5.74, 6) is 0.825. The van der Waals surface area contributed by atoms with E-state index in [9.17, 15) is 13.2 Å². The molecular formula is C23H26N2O4S. The molecule has 0 N–H and O–H groups in total. The number of nitrogens with zero attached hydrogens (tertiary/aromatic N) is 2. The molecule has 1 fully saturated rings. The van der Waals surface area contributed by atoms with Gasteiger partial charge in [0.15, 0.2) is 0 Å². The van der Waals surface area contributed by atoms with E-state index in [4.69, 9.17) is 4.42 Å². The van der Waals surface area contributed by atoms with Crippen LogP contribution in [0.3, 0.4) is 0 Å². The minimum absolute atomic E-state index is 0.0966. The zero-order valence-electron chi connectivity index (χ0n) is 17.2. The molecule has 30 heavy (non-hydrogen) atoms. The summed E-state index contributed by atoms with van der Waals surface area (Å²) < 4.78 is 31.7. The number of benzene rings is 2. The summed E-state index contributed by atoms with van der Waals surface area (Å²) in [6.45, 7) is 5.09. The van der Waals surface area contributed by atoms with E-state index in [-0.39, 0.29) is 17.7 Å². The number of carbonyl (C=O) groups is 1. The first kappa shape index (κ1) is 20.5. The first-order valence-electron chi connectivity index (χ1n) is 10.3. The lowest BCUT2D eigenvalue weighted by atomic mass is 10.1. The van der Waals surface area contributed by atoms with Gasteiger partial charge < -0.3 is 9.32 Å². The van der Waals surface area contributed by atoms with Gasteiger partial charge in [0.1, 0.15) is 11.3 Å². The number of furan rings is 1. The van der Waals surface area contributed by atoms with E-state index >= 15 is 0 Å². The van der Waals surface area contributed by atoms with Crippen molar-refractivity contribution in [2.75, 3.05) is 23.1 Å². The quantitative estimate of drug-likeness (QED) is 0.578. The SMILES string of the molecule is CCCN(C(=O)c1ccc(N2CCCS2(=O)=O)cc1)C(C)c1cc2ccccc2o1. The zero-order chi connectivity index (χ0) is 21.3. The Labute approximate surface area is 177 Å². The zero-order valence-corrected chi connectivity index (χ0v) is 18.1. The Morgan fingerprint density at radius 3 is 2.53 bits per heavy atom. The largest absolute Gasteiger partial charge is 0.459 e. The van der Waals surface area contributed by atoms with Crippen LogP contribution in [0.1, 0.15) is 48.8 Å². The highest BCUT2D eigenvalue weighted by atomic mass is 32.2. The number of anilines is 1. The van der Waals surface area contributed by atoms with Crippen LogP contribution in [0.25, 0.3) is 11.0 Å². The van der Waals surface area contributed by atoms with Crippen molar-refractivity contribution in [1.29, 1.82) is 0 Å². The van der Waals surface area contributed by atoms with Gasteiger partial charge >= 0.3 is 0 Å². The van der Waals surface area contributed by atoms with Gasteiger partial charge in [0.2, 0.25) is 10.0 Å². The molecule has 158 valence electrons. The van der Waals surface area contributed by atoms with Crippen molar-refractivity contribution in [3.05, 3.63) is 65.9 Å². The van der Waals surface area contributed by atoms with Crippen LogP contribution in [-0.2, 0) is 10.0 Å². The molecule has 1 aliphatic heterocycles. The number of amides is 1. The van der Waals surface area contributed by atoms with Gasteiger partial charge in [-0.3, -0.25) is 9.10 Å². The van der Waals surface area contributed by atoms with Gasteiger partial charge in [0, 0.05) is 24.0 Å². The van der Waals surface area contributed by atoms with Gasteiger partial charge in [0.05, 0.1) is 17.5 Å². The average Bonchev–Trinajstić information content (AvgIpc) is 3.33. The molecule has 1 aliphatic rings. The van der Waals surface area contributed by atoms with Crippen LogP contribution in [0.4, 0.5) is 5.69 Å². The van der Waals surface area contributed by atoms with Crippen molar-refractivity contribution >= 4 is 32.6 Å². The van der Waals surface area contributed by atoms with Gasteiger partial charge in [-0.2, -0.15) is 0 Å². The Balaban J connectivity index is 1.58. The molecule has 6 nitrogen and oxygen atoms in total. The maximum Gasteiger partial charge on any atom is 0.254 e. The monoisotopic (exact) mass is 426 g/mol. The number of hydrogen-bond acceptors (Lipinski definition) is 4. The summed E-state index contributed by atoms with van der Waals surface area (Å²) in [5.41, 5.74) is 1.95. The summed E-state index contributed by atoms with van der Waals surface area (Å²) >= 11 is 0. The van der Waals surface area contributed by atoms with Gasteiger partial charge in [-0.15, -0.1) is 0 Å². The van der Waals surface area contributed by atoms with Crippen LogP contribution in [0, 0.1) is 0 Å². The minimum atomic E-state index is -3.23. The summed E-state index contributed by atoms with van der Waals surface area (Å²) in [6, 6.07) is 16.4. The Bertz CT molecular complexity index is 1120. The van der Waals surface area contributed by atoms with Gasteiger partial charge in [-0.05, 0) is 56.2 Å². The second-order valence-corrected chi connectivity index (χ2v) is 9.66. The molecular weight excluding hydrogens is 400 g/mol. The van der Waals surface area contributed by atoms with Crippen LogP contribution >= 0.6 is 0 Å². The van der Waals surface area contributed by atoms with Gasteiger partial charge in [-0.25, -0.2) is 8.42 Å². The first-order chi connectivity index (χ1) is 14.4. The molecule has 1 saturated heterocycles. The molecule has 1 amide bonds. The molecule has 7 heteroatoms. The molecule has 2 aromatic carbocycles. The van der Waals surface area contributed by atoms with Gasteiger partial charge in [-0.1, -0.05) is 25.1 Å². The smallest absolute Gasteiger partial charge is 0.254 e. The van der Waals surface area contributed by atoms with Gasteiger partial charge in [0.25, 0.3) is 5.91 Å². The Hall–Kier alpha value is -2.80. The summed E-state index contributed by atoms with van der Waals surface area (Å²) in [6.07, 6.45) is 1.45. The predicted octanol–water partition coefficient (Wildman–Crippen LogP) is 4.59. The lowest BCUT2D eigenvalue weighted by molar-refractivity contribution is 0.0672. The number of hydrogen-bond donors (Lipinski definition) is 0. The fourth-order valence-corrected chi connectivity index (χ4v) is 5.50. The topological polar surface area (TPSA) is 70.8 Å². The van der Waals surface area contributed by atoms with E-state index in [1.165, 1.54) is 4.31 Å². The van der Waals surface area contributed by atoms with Crippen molar-refractivity contribution in [3.63, 3.8) is 0 Å². The van der Waals surface area contributed by atoms with Crippen LogP contribution in [-0.4, -0.2) is 38.1 Å². The maximum absolute atomic E-state index is 13.3. The summed E-state index contributed by atoms with van der Waals surface area (Å²) in [7, 11) is -3.23. The number of sulfonamides is 1. The first-order valence-corrected chi connectivity index (χ1v) is 11.9. The third-order valence-electron chi connectivity index (χ3n) is 5.55. The lowest BCUT2D eigenvalue weighted by Crippen LogP contribution is -2.34. The number of para-hydroxylation sites is 1. The molecule has 1 atom stereocenters. The van der Waals surface area contributed by atoms with E-state index < -0.39 is 10.0 Å². The van der Waals surface area contributed by atoms with Crippen LogP contribution in [0.5, 0.6) is 0 Å². The number of fused-ring (bicyclic) bond motifs is 1. The number of carbonyl (C=O) groups excluding carboxylic acids is 1. The van der Waals surface area contributed by atoms with Crippen LogP contribution in [0.2, 0.25) is 0 Å². The fraction of sp³-hybridized carbons (Fsp3) is 0.348. The predicted molar refractivity (Wildman–Crippen MR) is 118 cm³/mol. The van der Waals surface area contributed by atoms with E-state index in [2.05, 4.69) is 0 Å². The Morgan fingerprint density at radius 2 is 1.90 bits per heavy atom. The highest BCUT2D eigenvalue weighted by Crippen LogP contribution is 2.29. The van der Waals surface area contributed by atoms with E-state index in [0.717, 1.165) is 23.2 Å². The third-order valence-corrected chi connectivity index (χ3v) is 7.42. The molecule has 0 saturated carbocycles. The molecule has 0 radical (unpaired) electrons. The molecule has 0 aliphatic carbocycles. The number of rotatable bonds is 6. The second kappa shape index (κ2) is 8.14. The summed E-state index contributed by atoms with van der Waals surface area (Å²) in [4.78, 5) is 15.1. The standard InChI is InChI=1S/C23H26N2O4S/c1-3-13-24(17(2)22-16-19-7-4-5-8-21(19)29-22)23(26)18-9-11-20(12-10-18)25-14-6-15-30(25,27)28/h4-5,7-12,16-17H,3,6,13-15H2,1-2H3. The van der Waals surface area contributed by atoms with E-state index in [0.29, 0.717) is 30.8 Å². The fourth-order valence-electron chi connectivity index (χ4n) is 3.94. The van der Waals surface area contributed by atoms with Crippen molar-refractivity contribution in [2.24, 2.45) is 0 Å². The third kappa shape index (κ3) is 3.81. The Kier molecular flexibility index (Phi) is 5.56. The molecule has 3 aromatic rings. The van der Waals surface area contributed by atoms with Crippen molar-refractivity contribution in [1.82, 2.24) is 4.90 Å². The lowest BCUT2D eigenvalue weighted by Gasteiger charge is -2.28. The van der Waals surface area contributed by atoms with Crippen molar-refractivity contribution < 1.29 is 17.6 Å². The highest BCUT2D eigenvalue weighted by Gasteiger charge is 2.29. The van der Waals surface area contributed by atoms with E-state index in [1.807, 2.05) is 44.2 Å². The normalized spacial score (nSPS) is 16.7. The molecule has 2 heterocycles. The summed E-state index contributed by atoms with van der Waals surface area (Å²) in [5, 5.41) is 1.01.